The van der Waals surface area contributed by atoms with Crippen molar-refractivity contribution in [2.45, 2.75) is 80.4 Å². The third-order valence-corrected chi connectivity index (χ3v) is 8.07. The highest BCUT2D eigenvalue weighted by Crippen LogP contribution is 2.29. The molecule has 8 heteroatoms. The number of hydrogen-bond donors (Lipinski definition) is 0. The van der Waals surface area contributed by atoms with Gasteiger partial charge in [-0.05, 0) is 62.3 Å². The van der Waals surface area contributed by atoms with E-state index in [1.165, 1.54) is 72.4 Å². The van der Waals surface area contributed by atoms with Crippen LogP contribution in [0, 0.1) is 0 Å². The molecular weight excluding hydrogens is 389 g/mol. The molecule has 3 fully saturated rings. The molecule has 0 saturated carbocycles. The Labute approximate surface area is 180 Å². The molecular formula is C21H48N3O4P. The van der Waals surface area contributed by atoms with Gasteiger partial charge in [0, 0.05) is 0 Å². The topological polar surface area (TPSA) is 86.2 Å². The number of phosphoric acid groups is 1. The molecule has 0 N–H and O–H groups in total. The first kappa shape index (κ1) is 29.0. The Hall–Kier alpha value is -0.0100. The minimum Gasteiger partial charge on any atom is -0.822 e. The fourth-order valence-electron chi connectivity index (χ4n) is 4.75. The summed E-state index contributed by atoms with van der Waals surface area (Å²) in [4.78, 5) is 25.6. The SMILES string of the molecule is CC[N+]1(CC)CC1C.CC[N+]1(CC)CC1C.CC[N+]1(CC)CC1C.O=P([O-])([O-])[O-]. The summed E-state index contributed by atoms with van der Waals surface area (Å²) in [7, 11) is -5.39. The molecule has 3 aliphatic rings. The molecule has 0 aromatic carbocycles. The quantitative estimate of drug-likeness (QED) is 0.351. The van der Waals surface area contributed by atoms with E-state index in [1.807, 2.05) is 0 Å². The lowest BCUT2D eigenvalue weighted by atomic mass is 10.5. The monoisotopic (exact) mass is 437 g/mol. The first-order chi connectivity index (χ1) is 13.2. The van der Waals surface area contributed by atoms with Gasteiger partial charge in [-0.3, -0.25) is 0 Å². The maximum absolute atomic E-state index is 8.55. The first-order valence-corrected chi connectivity index (χ1v) is 13.0. The number of quaternary nitrogens is 3. The molecule has 29 heavy (non-hydrogen) atoms. The highest BCUT2D eigenvalue weighted by Gasteiger charge is 2.49. The molecule has 3 saturated heterocycles. The second-order valence-electron chi connectivity index (χ2n) is 9.09. The molecule has 0 bridgehead atoms. The van der Waals surface area contributed by atoms with Crippen molar-refractivity contribution < 1.29 is 32.7 Å². The largest absolute Gasteiger partial charge is 0.822 e. The van der Waals surface area contributed by atoms with E-state index in [-0.39, 0.29) is 0 Å². The van der Waals surface area contributed by atoms with Gasteiger partial charge in [-0.15, -0.1) is 0 Å². The molecule has 3 rings (SSSR count). The van der Waals surface area contributed by atoms with Crippen LogP contribution in [-0.2, 0) is 4.57 Å². The van der Waals surface area contributed by atoms with Crippen LogP contribution in [0.2, 0.25) is 0 Å². The summed E-state index contributed by atoms with van der Waals surface area (Å²) in [6.07, 6.45) is 0. The summed E-state index contributed by atoms with van der Waals surface area (Å²) < 4.78 is 12.7. The Kier molecular flexibility index (Phi) is 11.6. The second-order valence-corrected chi connectivity index (χ2v) is 9.99. The van der Waals surface area contributed by atoms with Crippen molar-refractivity contribution in [1.82, 2.24) is 0 Å². The maximum atomic E-state index is 8.55. The number of likely N-dealkylation sites (N-methyl/N-ethyl adjacent to an activating group) is 3. The Morgan fingerprint density at radius 1 is 0.586 bits per heavy atom. The van der Waals surface area contributed by atoms with Gasteiger partial charge in [0.1, 0.15) is 37.8 Å². The lowest BCUT2D eigenvalue weighted by Gasteiger charge is -2.36. The molecule has 7 nitrogen and oxygen atoms in total. The van der Waals surface area contributed by atoms with Crippen LogP contribution in [0.3, 0.4) is 0 Å². The summed E-state index contributed by atoms with van der Waals surface area (Å²) in [5, 5.41) is 0. The standard InChI is InChI=1S/3C7H16N.H3O4P/c3*1-4-8(5-2)6-7(8)3;1-5(2,3)4/h3*7H,4-6H2,1-3H3;(H3,1,2,3,4)/q3*+1;/p-3. The van der Waals surface area contributed by atoms with Crippen molar-refractivity contribution in [3.05, 3.63) is 0 Å². The minimum atomic E-state index is -5.39. The van der Waals surface area contributed by atoms with Crippen LogP contribution in [0.25, 0.3) is 0 Å². The highest BCUT2D eigenvalue weighted by molar-refractivity contribution is 7.40. The van der Waals surface area contributed by atoms with Gasteiger partial charge in [-0.25, -0.2) is 0 Å². The van der Waals surface area contributed by atoms with Gasteiger partial charge in [0.05, 0.1) is 39.3 Å². The third kappa shape index (κ3) is 9.34. The van der Waals surface area contributed by atoms with E-state index in [1.54, 1.807) is 0 Å². The summed E-state index contributed by atoms with van der Waals surface area (Å²) in [5.41, 5.74) is 0. The van der Waals surface area contributed by atoms with Crippen molar-refractivity contribution in [1.29, 1.82) is 0 Å². The van der Waals surface area contributed by atoms with Gasteiger partial charge in [-0.2, -0.15) is 7.82 Å². The van der Waals surface area contributed by atoms with Crippen molar-refractivity contribution in [3.63, 3.8) is 0 Å². The van der Waals surface area contributed by atoms with Gasteiger partial charge < -0.3 is 32.7 Å². The third-order valence-electron chi connectivity index (χ3n) is 8.07. The van der Waals surface area contributed by atoms with E-state index in [9.17, 15) is 0 Å². The van der Waals surface area contributed by atoms with Crippen LogP contribution in [0.15, 0.2) is 0 Å². The lowest BCUT2D eigenvalue weighted by Crippen LogP contribution is -2.27. The molecule has 3 atom stereocenters. The van der Waals surface area contributed by atoms with Crippen LogP contribution in [0.4, 0.5) is 0 Å². The molecule has 0 aromatic rings. The lowest BCUT2D eigenvalue weighted by molar-refractivity contribution is -0.808. The second kappa shape index (κ2) is 11.6. The smallest absolute Gasteiger partial charge is 0.136 e. The zero-order chi connectivity index (χ0) is 23.1. The predicted octanol–water partition coefficient (Wildman–Crippen LogP) is 0.911. The van der Waals surface area contributed by atoms with Crippen molar-refractivity contribution >= 4 is 7.82 Å². The van der Waals surface area contributed by atoms with Gasteiger partial charge in [-0.1, -0.05) is 0 Å². The molecule has 0 radical (unpaired) electrons. The van der Waals surface area contributed by atoms with E-state index in [0.717, 1.165) is 18.1 Å². The van der Waals surface area contributed by atoms with E-state index in [2.05, 4.69) is 62.3 Å². The van der Waals surface area contributed by atoms with Crippen LogP contribution < -0.4 is 14.7 Å². The fraction of sp³-hybridized carbons (Fsp3) is 1.00. The van der Waals surface area contributed by atoms with E-state index in [0.29, 0.717) is 0 Å². The Bertz CT molecular complexity index is 432. The minimum absolute atomic E-state index is 0.963. The first-order valence-electron chi connectivity index (χ1n) is 11.6. The maximum Gasteiger partial charge on any atom is 0.136 e. The fourth-order valence-corrected chi connectivity index (χ4v) is 4.75. The number of rotatable bonds is 6. The average molecular weight is 438 g/mol. The summed E-state index contributed by atoms with van der Waals surface area (Å²) in [6.45, 7) is 33.0. The van der Waals surface area contributed by atoms with Crippen molar-refractivity contribution in [2.75, 3.05) is 58.9 Å². The Morgan fingerprint density at radius 3 is 0.690 bits per heavy atom. The van der Waals surface area contributed by atoms with Crippen LogP contribution in [0.5, 0.6) is 0 Å². The normalized spacial score (nSPS) is 29.0. The summed E-state index contributed by atoms with van der Waals surface area (Å²) >= 11 is 0. The molecule has 3 aliphatic heterocycles. The molecule has 176 valence electrons. The molecule has 0 spiro atoms. The zero-order valence-corrected chi connectivity index (χ0v) is 21.4. The van der Waals surface area contributed by atoms with E-state index in [4.69, 9.17) is 19.2 Å². The number of nitrogens with zero attached hydrogens (tertiary/aromatic N) is 3. The van der Waals surface area contributed by atoms with Crippen LogP contribution in [-0.4, -0.2) is 90.5 Å². The van der Waals surface area contributed by atoms with Crippen molar-refractivity contribution in [3.8, 4) is 0 Å². The Morgan fingerprint density at radius 2 is 0.690 bits per heavy atom. The number of hydrogen-bond acceptors (Lipinski definition) is 4. The van der Waals surface area contributed by atoms with Gasteiger partial charge in [0.25, 0.3) is 0 Å². The molecule has 3 unspecified atom stereocenters. The summed E-state index contributed by atoms with van der Waals surface area (Å²) in [5.74, 6) is 0. The van der Waals surface area contributed by atoms with Crippen LogP contribution in [0.1, 0.15) is 62.3 Å². The van der Waals surface area contributed by atoms with Gasteiger partial charge in [0.2, 0.25) is 0 Å². The van der Waals surface area contributed by atoms with Crippen LogP contribution >= 0.6 is 7.82 Å². The molecule has 0 aromatic heterocycles. The summed E-state index contributed by atoms with van der Waals surface area (Å²) in [6, 6.07) is 2.89. The van der Waals surface area contributed by atoms with Gasteiger partial charge >= 0.3 is 0 Å². The van der Waals surface area contributed by atoms with E-state index >= 15 is 0 Å². The highest BCUT2D eigenvalue weighted by atomic mass is 31.2. The van der Waals surface area contributed by atoms with E-state index < -0.39 is 7.82 Å². The van der Waals surface area contributed by atoms with Gasteiger partial charge in [0.15, 0.2) is 0 Å². The average Bonchev–Trinajstić information content (AvgIpc) is 3.59. The molecule has 0 amide bonds. The zero-order valence-electron chi connectivity index (χ0n) is 20.5. The Balaban J connectivity index is 0.000000367. The molecule has 0 aliphatic carbocycles. The molecule has 3 heterocycles. The predicted molar refractivity (Wildman–Crippen MR) is 115 cm³/mol. The van der Waals surface area contributed by atoms with Crippen molar-refractivity contribution in [2.24, 2.45) is 0 Å².